The molecule has 25 heavy (non-hydrogen) atoms. The second-order valence-electron chi connectivity index (χ2n) is 6.04. The molecule has 2 rings (SSSR count). The van der Waals surface area contributed by atoms with E-state index in [2.05, 4.69) is 35.8 Å². The highest BCUT2D eigenvalue weighted by Crippen LogP contribution is 2.18. The number of benzene rings is 1. The molecule has 0 fully saturated rings. The van der Waals surface area contributed by atoms with E-state index in [1.807, 2.05) is 43.0 Å². The average Bonchev–Trinajstić information content (AvgIpc) is 3.14. The molecule has 1 aromatic carbocycles. The first kappa shape index (κ1) is 19.4. The summed E-state index contributed by atoms with van der Waals surface area (Å²) in [5.41, 5.74) is 1.13. The molecule has 6 heteroatoms. The number of carbonyl (C=O) groups is 1. The largest absolute Gasteiger partial charge is 0.468 e. The van der Waals surface area contributed by atoms with Crippen LogP contribution in [-0.2, 0) is 6.54 Å². The maximum absolute atomic E-state index is 12.6. The Morgan fingerprint density at radius 3 is 2.48 bits per heavy atom. The van der Waals surface area contributed by atoms with Crippen molar-refractivity contribution >= 4 is 17.8 Å². The summed E-state index contributed by atoms with van der Waals surface area (Å²) >= 11 is 1.71. The van der Waals surface area contributed by atoms with Gasteiger partial charge < -0.3 is 14.6 Å². The van der Waals surface area contributed by atoms with E-state index >= 15 is 0 Å². The maximum atomic E-state index is 12.6. The Morgan fingerprint density at radius 1 is 1.24 bits per heavy atom. The van der Waals surface area contributed by atoms with Crippen molar-refractivity contribution in [1.29, 1.82) is 0 Å². The van der Waals surface area contributed by atoms with Crippen molar-refractivity contribution < 1.29 is 9.21 Å². The fourth-order valence-electron chi connectivity index (χ4n) is 2.59. The van der Waals surface area contributed by atoms with E-state index in [-0.39, 0.29) is 12.1 Å². The minimum Gasteiger partial charge on any atom is -0.468 e. The zero-order valence-electron chi connectivity index (χ0n) is 15.4. The lowest BCUT2D eigenvalue weighted by molar-refractivity contribution is 0.189. The van der Waals surface area contributed by atoms with Gasteiger partial charge in [-0.05, 0) is 57.1 Å². The molecule has 136 valence electrons. The normalized spacial score (nSPS) is 12.2. The van der Waals surface area contributed by atoms with Crippen LogP contribution in [0.1, 0.15) is 24.3 Å². The third-order valence-corrected chi connectivity index (χ3v) is 4.89. The Hall–Kier alpha value is -1.92. The van der Waals surface area contributed by atoms with Crippen LogP contribution < -0.4 is 5.32 Å². The van der Waals surface area contributed by atoms with Gasteiger partial charge in [0.1, 0.15) is 5.76 Å². The van der Waals surface area contributed by atoms with Crippen molar-refractivity contribution in [3.8, 4) is 0 Å². The number of thioether (sulfide) groups is 1. The molecule has 2 aromatic rings. The Morgan fingerprint density at radius 2 is 1.96 bits per heavy atom. The SMILES string of the molecule is CCN(Cc1ccc(SC)cc1)C(=O)NC[C@@H](c1ccco1)N(C)C. The molecule has 1 N–H and O–H groups in total. The molecule has 0 saturated heterocycles. The molecule has 0 spiro atoms. The molecular formula is C19H27N3O2S. The van der Waals surface area contributed by atoms with Gasteiger partial charge in [-0.15, -0.1) is 11.8 Å². The predicted octanol–water partition coefficient (Wildman–Crippen LogP) is 3.84. The standard InChI is InChI=1S/C19H27N3O2S/c1-5-22(14-15-8-10-16(25-4)11-9-15)19(23)20-13-17(21(2)3)18-7-6-12-24-18/h6-12,17H,5,13-14H2,1-4H3,(H,20,23)/t17-/m0/s1. The highest BCUT2D eigenvalue weighted by Gasteiger charge is 2.19. The van der Waals surface area contributed by atoms with Gasteiger partial charge in [-0.1, -0.05) is 12.1 Å². The van der Waals surface area contributed by atoms with E-state index in [9.17, 15) is 4.79 Å². The van der Waals surface area contributed by atoms with Crippen molar-refractivity contribution in [3.63, 3.8) is 0 Å². The van der Waals surface area contributed by atoms with Crippen LogP contribution in [0, 0.1) is 0 Å². The fraction of sp³-hybridized carbons (Fsp3) is 0.421. The van der Waals surface area contributed by atoms with Crippen LogP contribution in [0.15, 0.2) is 52.0 Å². The highest BCUT2D eigenvalue weighted by molar-refractivity contribution is 7.98. The van der Waals surface area contributed by atoms with Gasteiger partial charge >= 0.3 is 6.03 Å². The number of furan rings is 1. The predicted molar refractivity (Wildman–Crippen MR) is 103 cm³/mol. The Labute approximate surface area is 154 Å². The quantitative estimate of drug-likeness (QED) is 0.726. The molecule has 0 radical (unpaired) electrons. The van der Waals surface area contributed by atoms with Gasteiger partial charge in [0.15, 0.2) is 0 Å². The average molecular weight is 362 g/mol. The van der Waals surface area contributed by atoms with Gasteiger partial charge in [0.25, 0.3) is 0 Å². The van der Waals surface area contributed by atoms with Gasteiger partial charge in [-0.3, -0.25) is 4.90 Å². The lowest BCUT2D eigenvalue weighted by Crippen LogP contribution is -2.42. The number of nitrogens with one attached hydrogen (secondary N) is 1. The summed E-state index contributed by atoms with van der Waals surface area (Å²) in [6, 6.07) is 12.1. The van der Waals surface area contributed by atoms with Gasteiger partial charge in [0, 0.05) is 24.5 Å². The Bertz CT molecular complexity index is 641. The van der Waals surface area contributed by atoms with E-state index < -0.39 is 0 Å². The number of hydrogen-bond donors (Lipinski definition) is 1. The smallest absolute Gasteiger partial charge is 0.317 e. The summed E-state index contributed by atoms with van der Waals surface area (Å²) in [5.74, 6) is 0.848. The fourth-order valence-corrected chi connectivity index (χ4v) is 3.00. The zero-order chi connectivity index (χ0) is 18.2. The monoisotopic (exact) mass is 361 g/mol. The highest BCUT2D eigenvalue weighted by atomic mass is 32.2. The Kier molecular flexibility index (Phi) is 7.40. The van der Waals surface area contributed by atoms with E-state index in [1.54, 1.807) is 18.0 Å². The summed E-state index contributed by atoms with van der Waals surface area (Å²) in [6.45, 7) is 3.75. The minimum atomic E-state index is -0.0603. The molecular weight excluding hydrogens is 334 g/mol. The van der Waals surface area contributed by atoms with Crippen LogP contribution in [-0.4, -0.2) is 49.3 Å². The van der Waals surface area contributed by atoms with Gasteiger partial charge in [0.2, 0.25) is 0 Å². The van der Waals surface area contributed by atoms with Crippen LogP contribution in [0.5, 0.6) is 0 Å². The third-order valence-electron chi connectivity index (χ3n) is 4.14. The molecule has 0 saturated carbocycles. The topological polar surface area (TPSA) is 48.7 Å². The molecule has 1 atom stereocenters. The molecule has 1 heterocycles. The number of nitrogens with zero attached hydrogens (tertiary/aromatic N) is 2. The lowest BCUT2D eigenvalue weighted by Gasteiger charge is -2.26. The number of amides is 2. The summed E-state index contributed by atoms with van der Waals surface area (Å²) in [7, 11) is 3.95. The molecule has 0 bridgehead atoms. The van der Waals surface area contributed by atoms with Crippen LogP contribution in [0.2, 0.25) is 0 Å². The summed E-state index contributed by atoms with van der Waals surface area (Å²) in [5, 5.41) is 3.03. The molecule has 0 aliphatic heterocycles. The second-order valence-corrected chi connectivity index (χ2v) is 6.92. The van der Waals surface area contributed by atoms with Crippen LogP contribution in [0.4, 0.5) is 4.79 Å². The van der Waals surface area contributed by atoms with E-state index in [4.69, 9.17) is 4.42 Å². The summed E-state index contributed by atoms with van der Waals surface area (Å²) in [4.78, 5) is 17.6. The zero-order valence-corrected chi connectivity index (χ0v) is 16.2. The van der Waals surface area contributed by atoms with Crippen LogP contribution >= 0.6 is 11.8 Å². The number of likely N-dealkylation sites (N-methyl/N-ethyl adjacent to an activating group) is 1. The first-order chi connectivity index (χ1) is 12.0. The Balaban J connectivity index is 1.94. The molecule has 0 unspecified atom stereocenters. The summed E-state index contributed by atoms with van der Waals surface area (Å²) < 4.78 is 5.48. The van der Waals surface area contributed by atoms with E-state index in [0.717, 1.165) is 11.3 Å². The van der Waals surface area contributed by atoms with Crippen molar-refractivity contribution in [2.75, 3.05) is 33.4 Å². The van der Waals surface area contributed by atoms with Crippen molar-refractivity contribution in [2.24, 2.45) is 0 Å². The second kappa shape index (κ2) is 9.53. The first-order valence-corrected chi connectivity index (χ1v) is 9.63. The minimum absolute atomic E-state index is 0.0125. The van der Waals surface area contributed by atoms with Crippen LogP contribution in [0.3, 0.4) is 0 Å². The molecule has 1 aromatic heterocycles. The van der Waals surface area contributed by atoms with Crippen molar-refractivity contribution in [3.05, 3.63) is 54.0 Å². The van der Waals surface area contributed by atoms with Crippen molar-refractivity contribution in [1.82, 2.24) is 15.1 Å². The van der Waals surface area contributed by atoms with Gasteiger partial charge in [0.05, 0.1) is 12.3 Å². The van der Waals surface area contributed by atoms with E-state index in [1.165, 1.54) is 4.90 Å². The number of urea groups is 1. The molecule has 0 aliphatic carbocycles. The lowest BCUT2D eigenvalue weighted by atomic mass is 10.2. The first-order valence-electron chi connectivity index (χ1n) is 8.40. The van der Waals surface area contributed by atoms with Gasteiger partial charge in [-0.2, -0.15) is 0 Å². The number of rotatable bonds is 8. The molecule has 0 aliphatic rings. The maximum Gasteiger partial charge on any atom is 0.317 e. The number of carbonyl (C=O) groups excluding carboxylic acids is 1. The van der Waals surface area contributed by atoms with E-state index in [0.29, 0.717) is 19.6 Å². The molecule has 2 amide bonds. The van der Waals surface area contributed by atoms with Gasteiger partial charge in [-0.25, -0.2) is 4.79 Å². The third kappa shape index (κ3) is 5.54. The van der Waals surface area contributed by atoms with Crippen LogP contribution in [0.25, 0.3) is 0 Å². The molecule has 5 nitrogen and oxygen atoms in total. The number of hydrogen-bond acceptors (Lipinski definition) is 4. The summed E-state index contributed by atoms with van der Waals surface area (Å²) in [6.07, 6.45) is 3.71. The van der Waals surface area contributed by atoms with Crippen molar-refractivity contribution in [2.45, 2.75) is 24.4 Å².